The fourth-order valence-electron chi connectivity index (χ4n) is 2.26. The summed E-state index contributed by atoms with van der Waals surface area (Å²) in [6.07, 6.45) is 2.59. The third-order valence-electron chi connectivity index (χ3n) is 3.43. The van der Waals surface area contributed by atoms with Crippen molar-refractivity contribution in [1.29, 1.82) is 0 Å². The number of rotatable bonds is 6. The summed E-state index contributed by atoms with van der Waals surface area (Å²) in [5.41, 5.74) is 1.09. The van der Waals surface area contributed by atoms with E-state index in [9.17, 15) is 0 Å². The van der Waals surface area contributed by atoms with Gasteiger partial charge in [0, 0.05) is 29.2 Å². The largest absolute Gasteiger partial charge is 0.383 e. The molecule has 0 aliphatic heterocycles. The second-order valence-electron chi connectivity index (χ2n) is 4.95. The van der Waals surface area contributed by atoms with Crippen LogP contribution in [0.2, 0.25) is 10.0 Å². The number of hydrogen-bond acceptors (Lipinski definition) is 2. The van der Waals surface area contributed by atoms with E-state index in [1.54, 1.807) is 13.2 Å². The number of hydrogen-bond donors (Lipinski definition) is 1. The monoisotopic (exact) mass is 287 g/mol. The highest BCUT2D eigenvalue weighted by molar-refractivity contribution is 6.35. The first-order chi connectivity index (χ1) is 8.61. The molecule has 100 valence electrons. The van der Waals surface area contributed by atoms with Crippen molar-refractivity contribution >= 4 is 23.2 Å². The van der Waals surface area contributed by atoms with Gasteiger partial charge in [0.25, 0.3) is 0 Å². The molecule has 0 amide bonds. The molecule has 1 aromatic carbocycles. The first-order valence-electron chi connectivity index (χ1n) is 6.31. The topological polar surface area (TPSA) is 21.3 Å². The molecule has 18 heavy (non-hydrogen) atoms. The number of benzene rings is 1. The van der Waals surface area contributed by atoms with Gasteiger partial charge >= 0.3 is 0 Å². The maximum Gasteiger partial charge on any atom is 0.0618 e. The average Bonchev–Trinajstić information content (AvgIpc) is 3.11. The van der Waals surface area contributed by atoms with Crippen LogP contribution in [-0.4, -0.2) is 19.8 Å². The number of nitrogens with one attached hydrogen (secondary N) is 1. The SMILES string of the molecule is COCC(NC(C)c1ccc(Cl)cc1Cl)C1CC1. The number of halogens is 2. The van der Waals surface area contributed by atoms with Crippen molar-refractivity contribution in [2.45, 2.75) is 31.8 Å². The van der Waals surface area contributed by atoms with Crippen molar-refractivity contribution in [1.82, 2.24) is 5.32 Å². The predicted molar refractivity (Wildman–Crippen MR) is 76.4 cm³/mol. The quantitative estimate of drug-likeness (QED) is 0.852. The van der Waals surface area contributed by atoms with Crippen LogP contribution >= 0.6 is 23.2 Å². The van der Waals surface area contributed by atoms with Gasteiger partial charge < -0.3 is 10.1 Å². The maximum absolute atomic E-state index is 6.22. The third kappa shape index (κ3) is 3.61. The molecule has 0 bridgehead atoms. The Labute approximate surface area is 119 Å². The molecule has 0 saturated heterocycles. The van der Waals surface area contributed by atoms with Crippen LogP contribution in [0, 0.1) is 5.92 Å². The number of methoxy groups -OCH3 is 1. The van der Waals surface area contributed by atoms with E-state index in [1.807, 2.05) is 12.1 Å². The van der Waals surface area contributed by atoms with E-state index in [0.717, 1.165) is 23.1 Å². The lowest BCUT2D eigenvalue weighted by molar-refractivity contribution is 0.152. The molecule has 2 rings (SSSR count). The summed E-state index contributed by atoms with van der Waals surface area (Å²) in [5, 5.41) is 4.99. The van der Waals surface area contributed by atoms with Crippen molar-refractivity contribution < 1.29 is 4.74 Å². The van der Waals surface area contributed by atoms with E-state index in [2.05, 4.69) is 12.2 Å². The Bertz CT molecular complexity index is 407. The summed E-state index contributed by atoms with van der Waals surface area (Å²) in [6, 6.07) is 6.27. The van der Waals surface area contributed by atoms with Gasteiger partial charge in [0.05, 0.1) is 6.61 Å². The zero-order valence-corrected chi connectivity index (χ0v) is 12.3. The highest BCUT2D eigenvalue weighted by atomic mass is 35.5. The zero-order chi connectivity index (χ0) is 13.1. The van der Waals surface area contributed by atoms with E-state index >= 15 is 0 Å². The number of ether oxygens (including phenoxy) is 1. The Hall–Kier alpha value is -0.280. The van der Waals surface area contributed by atoms with Crippen molar-refractivity contribution in [3.63, 3.8) is 0 Å². The molecule has 4 heteroatoms. The normalized spacial score (nSPS) is 18.7. The van der Waals surface area contributed by atoms with Crippen molar-refractivity contribution in [3.05, 3.63) is 33.8 Å². The van der Waals surface area contributed by atoms with Crippen molar-refractivity contribution in [2.24, 2.45) is 5.92 Å². The Morgan fingerprint density at radius 1 is 1.39 bits per heavy atom. The Balaban J connectivity index is 2.03. The predicted octanol–water partition coefficient (Wildman–Crippen LogP) is 4.07. The highest BCUT2D eigenvalue weighted by Gasteiger charge is 2.32. The van der Waals surface area contributed by atoms with Crippen LogP contribution in [0.3, 0.4) is 0 Å². The van der Waals surface area contributed by atoms with Gasteiger partial charge in [-0.2, -0.15) is 0 Å². The minimum atomic E-state index is 0.204. The Morgan fingerprint density at radius 3 is 2.67 bits per heavy atom. The summed E-state index contributed by atoms with van der Waals surface area (Å²) < 4.78 is 5.27. The lowest BCUT2D eigenvalue weighted by Gasteiger charge is -2.23. The summed E-state index contributed by atoms with van der Waals surface area (Å²) >= 11 is 12.1. The van der Waals surface area contributed by atoms with E-state index in [0.29, 0.717) is 11.1 Å². The van der Waals surface area contributed by atoms with Gasteiger partial charge in [-0.15, -0.1) is 0 Å². The molecule has 2 unspecified atom stereocenters. The van der Waals surface area contributed by atoms with Crippen LogP contribution in [0.15, 0.2) is 18.2 Å². The van der Waals surface area contributed by atoms with Crippen LogP contribution in [0.5, 0.6) is 0 Å². The molecular weight excluding hydrogens is 269 g/mol. The van der Waals surface area contributed by atoms with Gasteiger partial charge in [0.15, 0.2) is 0 Å². The van der Waals surface area contributed by atoms with Crippen molar-refractivity contribution in [2.75, 3.05) is 13.7 Å². The van der Waals surface area contributed by atoms with E-state index in [-0.39, 0.29) is 6.04 Å². The molecule has 1 N–H and O–H groups in total. The smallest absolute Gasteiger partial charge is 0.0618 e. The van der Waals surface area contributed by atoms with Crippen LogP contribution in [0.1, 0.15) is 31.4 Å². The van der Waals surface area contributed by atoms with Gasteiger partial charge in [0.2, 0.25) is 0 Å². The lowest BCUT2D eigenvalue weighted by atomic mass is 10.1. The van der Waals surface area contributed by atoms with Crippen LogP contribution in [0.25, 0.3) is 0 Å². The molecule has 1 saturated carbocycles. The minimum absolute atomic E-state index is 0.204. The molecule has 1 aliphatic carbocycles. The van der Waals surface area contributed by atoms with Crippen LogP contribution in [0.4, 0.5) is 0 Å². The molecule has 2 nitrogen and oxygen atoms in total. The van der Waals surface area contributed by atoms with E-state index < -0.39 is 0 Å². The first kappa shape index (κ1) is 14.1. The summed E-state index contributed by atoms with van der Waals surface area (Å²) in [7, 11) is 1.75. The minimum Gasteiger partial charge on any atom is -0.383 e. The standard InChI is InChI=1S/C14H19Cl2NO/c1-9(12-6-5-11(15)7-13(12)16)17-14(8-18-2)10-3-4-10/h5-7,9-10,14,17H,3-4,8H2,1-2H3. The molecule has 1 aromatic rings. The lowest BCUT2D eigenvalue weighted by Crippen LogP contribution is -2.37. The third-order valence-corrected chi connectivity index (χ3v) is 3.99. The maximum atomic E-state index is 6.22. The molecule has 1 fully saturated rings. The van der Waals surface area contributed by atoms with Gasteiger partial charge in [0.1, 0.15) is 0 Å². The van der Waals surface area contributed by atoms with E-state index in [4.69, 9.17) is 27.9 Å². The molecule has 0 radical (unpaired) electrons. The second-order valence-corrected chi connectivity index (χ2v) is 5.80. The Morgan fingerprint density at radius 2 is 2.11 bits per heavy atom. The first-order valence-corrected chi connectivity index (χ1v) is 7.07. The average molecular weight is 288 g/mol. The molecule has 0 aromatic heterocycles. The molecule has 1 aliphatic rings. The summed E-state index contributed by atoms with van der Waals surface area (Å²) in [6.45, 7) is 2.88. The Kier molecular flexibility index (Phi) is 4.91. The van der Waals surface area contributed by atoms with Gasteiger partial charge in [-0.25, -0.2) is 0 Å². The fourth-order valence-corrected chi connectivity index (χ4v) is 2.83. The van der Waals surface area contributed by atoms with Gasteiger partial charge in [-0.1, -0.05) is 29.3 Å². The fraction of sp³-hybridized carbons (Fsp3) is 0.571. The molecule has 0 spiro atoms. The molecule has 2 atom stereocenters. The van der Waals surface area contributed by atoms with Crippen LogP contribution in [-0.2, 0) is 4.74 Å². The van der Waals surface area contributed by atoms with Gasteiger partial charge in [-0.3, -0.25) is 0 Å². The zero-order valence-electron chi connectivity index (χ0n) is 10.7. The molecular formula is C14H19Cl2NO. The summed E-state index contributed by atoms with van der Waals surface area (Å²) in [4.78, 5) is 0. The summed E-state index contributed by atoms with van der Waals surface area (Å²) in [5.74, 6) is 0.749. The van der Waals surface area contributed by atoms with Crippen LogP contribution < -0.4 is 5.32 Å². The second kappa shape index (κ2) is 6.25. The van der Waals surface area contributed by atoms with Crippen molar-refractivity contribution in [3.8, 4) is 0 Å². The highest BCUT2D eigenvalue weighted by Crippen LogP contribution is 2.34. The molecule has 0 heterocycles. The van der Waals surface area contributed by atoms with E-state index in [1.165, 1.54) is 12.8 Å². The van der Waals surface area contributed by atoms with Gasteiger partial charge in [-0.05, 0) is 43.4 Å².